The summed E-state index contributed by atoms with van der Waals surface area (Å²) in [7, 11) is 0. The van der Waals surface area contributed by atoms with Crippen molar-refractivity contribution in [3.63, 3.8) is 0 Å². The van der Waals surface area contributed by atoms with Gasteiger partial charge in [-0.25, -0.2) is 0 Å². The maximum atomic E-state index is 10.3. The van der Waals surface area contributed by atoms with Crippen molar-refractivity contribution in [3.8, 4) is 40.9 Å². The van der Waals surface area contributed by atoms with Gasteiger partial charge in [0.2, 0.25) is 0 Å². The van der Waals surface area contributed by atoms with Crippen LogP contribution in [0.2, 0.25) is 0 Å². The van der Waals surface area contributed by atoms with Crippen LogP contribution in [0.25, 0.3) is 61.3 Å². The molecule has 0 aliphatic carbocycles. The highest BCUT2D eigenvalue weighted by molar-refractivity contribution is 8.06. The Labute approximate surface area is 312 Å². The molecule has 52 heavy (non-hydrogen) atoms. The summed E-state index contributed by atoms with van der Waals surface area (Å²) in [6, 6.07) is 39.4. The smallest absolute Gasteiger partial charge is 0.0992 e. The predicted molar refractivity (Wildman–Crippen MR) is 225 cm³/mol. The zero-order valence-corrected chi connectivity index (χ0v) is 32.0. The third-order valence-corrected chi connectivity index (χ3v) is 10.4. The SMILES string of the molecule is C#C/C=C\c1c(C)c2cc(C(C)(C)C)ccc2n1-c1cc(C#N)cc(-c2cccc(-n3c4ccccc4c4cc(C(C)(C)C)ccc43)c2)c1.C1CS1. The molecule has 7 aromatic rings. The third-order valence-electron chi connectivity index (χ3n) is 9.96. The monoisotopic (exact) mass is 695 g/mol. The number of nitrogens with zero attached hydrogens (tertiary/aromatic N) is 3. The van der Waals surface area contributed by atoms with Crippen molar-refractivity contribution in [2.24, 2.45) is 0 Å². The van der Waals surface area contributed by atoms with Crippen molar-refractivity contribution in [1.82, 2.24) is 9.13 Å². The normalized spacial score (nSPS) is 12.9. The first-order valence-corrected chi connectivity index (χ1v) is 19.1. The lowest BCUT2D eigenvalue weighted by molar-refractivity contribution is 0.591. The van der Waals surface area contributed by atoms with Crippen LogP contribution in [-0.2, 0) is 10.8 Å². The molecule has 5 aromatic carbocycles. The number of aryl methyl sites for hydroxylation is 1. The highest BCUT2D eigenvalue weighted by atomic mass is 32.2. The van der Waals surface area contributed by atoms with Gasteiger partial charge in [-0.05, 0) is 118 Å². The van der Waals surface area contributed by atoms with Gasteiger partial charge in [0.1, 0.15) is 0 Å². The van der Waals surface area contributed by atoms with Gasteiger partial charge in [-0.15, -0.1) is 6.42 Å². The van der Waals surface area contributed by atoms with E-state index in [1.807, 2.05) is 30.0 Å². The van der Waals surface area contributed by atoms with Gasteiger partial charge in [0.05, 0.1) is 33.9 Å². The molecule has 2 aromatic heterocycles. The van der Waals surface area contributed by atoms with E-state index in [1.165, 1.54) is 49.8 Å². The molecule has 3 heterocycles. The van der Waals surface area contributed by atoms with Crippen molar-refractivity contribution in [3.05, 3.63) is 137 Å². The highest BCUT2D eigenvalue weighted by Crippen LogP contribution is 2.38. The molecule has 3 nitrogen and oxygen atoms in total. The number of benzene rings is 5. The number of hydrogen-bond acceptors (Lipinski definition) is 2. The summed E-state index contributed by atoms with van der Waals surface area (Å²) in [4.78, 5) is 0. The molecule has 0 spiro atoms. The minimum Gasteiger partial charge on any atom is -0.310 e. The van der Waals surface area contributed by atoms with Gasteiger partial charge in [-0.1, -0.05) is 89.9 Å². The van der Waals surface area contributed by atoms with Crippen LogP contribution in [0.15, 0.2) is 109 Å². The lowest BCUT2D eigenvalue weighted by atomic mass is 9.86. The van der Waals surface area contributed by atoms with E-state index >= 15 is 0 Å². The summed E-state index contributed by atoms with van der Waals surface area (Å²) < 4.78 is 4.59. The van der Waals surface area contributed by atoms with Crippen LogP contribution in [0.3, 0.4) is 0 Å². The molecule has 0 amide bonds. The molecule has 1 aliphatic rings. The minimum absolute atomic E-state index is 0.0156. The quantitative estimate of drug-likeness (QED) is 0.136. The first-order valence-electron chi connectivity index (χ1n) is 17.9. The maximum Gasteiger partial charge on any atom is 0.0992 e. The van der Waals surface area contributed by atoms with Gasteiger partial charge in [-0.3, -0.25) is 0 Å². The Balaban J connectivity index is 0.00000133. The molecule has 8 rings (SSSR count). The molecule has 258 valence electrons. The van der Waals surface area contributed by atoms with E-state index in [2.05, 4.69) is 161 Å². The molecular weight excluding hydrogens is 651 g/mol. The second-order valence-electron chi connectivity index (χ2n) is 15.7. The molecule has 0 unspecified atom stereocenters. The lowest BCUT2D eigenvalue weighted by Crippen LogP contribution is -2.10. The van der Waals surface area contributed by atoms with Crippen molar-refractivity contribution < 1.29 is 0 Å². The molecule has 0 N–H and O–H groups in total. The fourth-order valence-corrected chi connectivity index (χ4v) is 7.05. The molecule has 0 saturated carbocycles. The van der Waals surface area contributed by atoms with Crippen LogP contribution in [-0.4, -0.2) is 20.6 Å². The summed E-state index contributed by atoms with van der Waals surface area (Å²) in [5.41, 5.74) is 12.8. The van der Waals surface area contributed by atoms with E-state index in [9.17, 15) is 5.26 Å². The highest BCUT2D eigenvalue weighted by Gasteiger charge is 2.21. The van der Waals surface area contributed by atoms with Crippen LogP contribution in [0, 0.1) is 30.6 Å². The van der Waals surface area contributed by atoms with Gasteiger partial charge in [0, 0.05) is 39.0 Å². The minimum atomic E-state index is 0.0156. The van der Waals surface area contributed by atoms with E-state index in [4.69, 9.17) is 6.42 Å². The van der Waals surface area contributed by atoms with Crippen LogP contribution in [0.1, 0.15) is 69.5 Å². The second-order valence-corrected chi connectivity index (χ2v) is 16.9. The molecule has 1 fully saturated rings. The molecule has 1 aliphatic heterocycles. The number of allylic oxidation sites excluding steroid dienone is 1. The summed E-state index contributed by atoms with van der Waals surface area (Å²) >= 11 is 2.00. The van der Waals surface area contributed by atoms with Crippen LogP contribution < -0.4 is 0 Å². The Hall–Kier alpha value is -5.42. The van der Waals surface area contributed by atoms with E-state index in [1.54, 1.807) is 6.08 Å². The van der Waals surface area contributed by atoms with Crippen molar-refractivity contribution in [1.29, 1.82) is 5.26 Å². The van der Waals surface area contributed by atoms with E-state index in [0.29, 0.717) is 5.56 Å². The van der Waals surface area contributed by atoms with E-state index < -0.39 is 0 Å². The number of terminal acetylenes is 1. The zero-order chi connectivity index (χ0) is 36.8. The van der Waals surface area contributed by atoms with Crippen molar-refractivity contribution >= 4 is 50.5 Å². The largest absolute Gasteiger partial charge is 0.310 e. The first kappa shape index (κ1) is 35.0. The summed E-state index contributed by atoms with van der Waals surface area (Å²) in [5, 5.41) is 13.9. The van der Waals surface area contributed by atoms with Gasteiger partial charge >= 0.3 is 0 Å². The average molecular weight is 696 g/mol. The van der Waals surface area contributed by atoms with E-state index in [-0.39, 0.29) is 10.8 Å². The fraction of sp³-hybridized carbons (Fsp3) is 0.229. The summed E-state index contributed by atoms with van der Waals surface area (Å²) in [5.74, 6) is 5.50. The number of hydrogen-bond donors (Lipinski definition) is 0. The topological polar surface area (TPSA) is 33.6 Å². The van der Waals surface area contributed by atoms with E-state index in [0.717, 1.165) is 39.3 Å². The Morgan fingerprint density at radius 1 is 0.654 bits per heavy atom. The van der Waals surface area contributed by atoms with Crippen LogP contribution >= 0.6 is 11.8 Å². The number of nitriles is 1. The Morgan fingerprint density at radius 2 is 1.27 bits per heavy atom. The number of thioether (sulfide) groups is 1. The molecule has 1 saturated heterocycles. The number of rotatable bonds is 4. The fourth-order valence-electron chi connectivity index (χ4n) is 7.05. The molecule has 0 atom stereocenters. The summed E-state index contributed by atoms with van der Waals surface area (Å²) in [6.45, 7) is 15.6. The summed E-state index contributed by atoms with van der Waals surface area (Å²) in [6.07, 6.45) is 9.44. The number of fused-ring (bicyclic) bond motifs is 4. The Bertz CT molecular complexity index is 2600. The maximum absolute atomic E-state index is 10.3. The second kappa shape index (κ2) is 13.6. The van der Waals surface area contributed by atoms with Crippen molar-refractivity contribution in [2.45, 2.75) is 59.3 Å². The number of aromatic nitrogens is 2. The average Bonchev–Trinajstić information content (AvgIpc) is 3.95. The standard InChI is InChI=1S/C46H41N3.C2H4S/c1-9-10-17-41-30(2)39-27-34(45(3,4)5)19-21-43(39)49(41)37-24-31(29-47)23-33(26-37)32-14-13-15-36(25-32)48-42-18-12-11-16-38(42)40-28-35(46(6,7)8)20-22-44(40)48;1-2-3-1/h1,10-28H,2-8H3;1-2H2/b17-10-;. The van der Waals surface area contributed by atoms with Gasteiger partial charge in [0.25, 0.3) is 0 Å². The van der Waals surface area contributed by atoms with Gasteiger partial charge < -0.3 is 9.13 Å². The van der Waals surface area contributed by atoms with Crippen LogP contribution in [0.5, 0.6) is 0 Å². The zero-order valence-electron chi connectivity index (χ0n) is 31.2. The van der Waals surface area contributed by atoms with Crippen LogP contribution in [0.4, 0.5) is 0 Å². The first-order chi connectivity index (χ1) is 24.9. The molecular formula is C48H45N3S. The van der Waals surface area contributed by atoms with Gasteiger partial charge in [0.15, 0.2) is 0 Å². The third kappa shape index (κ3) is 6.68. The van der Waals surface area contributed by atoms with Gasteiger partial charge in [-0.2, -0.15) is 17.0 Å². The predicted octanol–water partition coefficient (Wildman–Crippen LogP) is 12.5. The lowest BCUT2D eigenvalue weighted by Gasteiger charge is -2.19. The van der Waals surface area contributed by atoms with Crippen molar-refractivity contribution in [2.75, 3.05) is 11.5 Å². The number of para-hydroxylation sites is 1. The molecule has 4 heteroatoms. The Morgan fingerprint density at radius 3 is 1.90 bits per heavy atom. The Kier molecular flexibility index (Phi) is 9.16. The molecule has 0 bridgehead atoms. The molecule has 0 radical (unpaired) electrons.